The van der Waals surface area contributed by atoms with Crippen molar-refractivity contribution in [3.63, 3.8) is 0 Å². The standard InChI is InChI=1S/C24H32N4O2/c1-5-17-8-11-20(12-9-17)26-24(30)23(29)25-16-22(27(2)3)19-10-13-21-18(15-19)7-6-14-28(21)4/h8-13,15,22H,5-7,14,16H2,1-4H3,(H,25,29)(H,26,30)/t22-/m0/s1. The van der Waals surface area contributed by atoms with Crippen LogP contribution >= 0.6 is 0 Å². The monoisotopic (exact) mass is 408 g/mol. The molecule has 2 aromatic carbocycles. The molecule has 160 valence electrons. The molecule has 30 heavy (non-hydrogen) atoms. The second-order valence-corrected chi connectivity index (χ2v) is 8.11. The Labute approximate surface area is 179 Å². The Morgan fingerprint density at radius 1 is 1.10 bits per heavy atom. The zero-order valence-corrected chi connectivity index (χ0v) is 18.4. The summed E-state index contributed by atoms with van der Waals surface area (Å²) in [5, 5.41) is 5.45. The van der Waals surface area contributed by atoms with E-state index in [9.17, 15) is 9.59 Å². The van der Waals surface area contributed by atoms with Gasteiger partial charge in [-0.05, 0) is 68.2 Å². The quantitative estimate of drug-likeness (QED) is 0.722. The lowest BCUT2D eigenvalue weighted by atomic mass is 9.96. The van der Waals surface area contributed by atoms with Gasteiger partial charge in [-0.3, -0.25) is 9.59 Å². The van der Waals surface area contributed by atoms with E-state index in [1.807, 2.05) is 38.4 Å². The van der Waals surface area contributed by atoms with Crippen LogP contribution in [0.3, 0.4) is 0 Å². The van der Waals surface area contributed by atoms with E-state index >= 15 is 0 Å². The third kappa shape index (κ3) is 5.19. The molecule has 0 bridgehead atoms. The van der Waals surface area contributed by atoms with Gasteiger partial charge in [-0.2, -0.15) is 0 Å². The smallest absolute Gasteiger partial charge is 0.313 e. The number of carbonyl (C=O) groups excluding carboxylic acids is 2. The topological polar surface area (TPSA) is 64.7 Å². The van der Waals surface area contributed by atoms with Gasteiger partial charge in [0.25, 0.3) is 0 Å². The molecule has 1 aliphatic heterocycles. The van der Waals surface area contributed by atoms with Crippen LogP contribution in [-0.2, 0) is 22.4 Å². The van der Waals surface area contributed by atoms with Crippen molar-refractivity contribution in [3.8, 4) is 0 Å². The normalized spacial score (nSPS) is 14.2. The number of nitrogens with zero attached hydrogens (tertiary/aromatic N) is 2. The van der Waals surface area contributed by atoms with Gasteiger partial charge in [0.2, 0.25) is 0 Å². The van der Waals surface area contributed by atoms with Crippen LogP contribution in [0.25, 0.3) is 0 Å². The molecular formula is C24H32N4O2. The molecule has 1 aliphatic rings. The highest BCUT2D eigenvalue weighted by atomic mass is 16.2. The molecule has 2 aromatic rings. The summed E-state index contributed by atoms with van der Waals surface area (Å²) in [6, 6.07) is 14.0. The van der Waals surface area contributed by atoms with Crippen molar-refractivity contribution < 1.29 is 9.59 Å². The molecule has 0 aromatic heterocycles. The largest absolute Gasteiger partial charge is 0.374 e. The molecule has 0 unspecified atom stereocenters. The summed E-state index contributed by atoms with van der Waals surface area (Å²) in [5.74, 6) is -1.28. The van der Waals surface area contributed by atoms with Crippen LogP contribution < -0.4 is 15.5 Å². The molecule has 1 heterocycles. The Morgan fingerprint density at radius 2 is 1.83 bits per heavy atom. The molecular weight excluding hydrogens is 376 g/mol. The predicted molar refractivity (Wildman–Crippen MR) is 122 cm³/mol. The van der Waals surface area contributed by atoms with Crippen molar-refractivity contribution in [1.82, 2.24) is 10.2 Å². The van der Waals surface area contributed by atoms with Crippen LogP contribution in [0.1, 0.15) is 36.1 Å². The minimum atomic E-state index is -0.649. The van der Waals surface area contributed by atoms with Crippen LogP contribution in [0.4, 0.5) is 11.4 Å². The van der Waals surface area contributed by atoms with Crippen molar-refractivity contribution in [2.45, 2.75) is 32.2 Å². The van der Waals surface area contributed by atoms with Gasteiger partial charge in [0.15, 0.2) is 0 Å². The Bertz CT molecular complexity index is 893. The number of carbonyl (C=O) groups is 2. The average Bonchev–Trinajstić information content (AvgIpc) is 2.74. The Hall–Kier alpha value is -2.86. The maximum atomic E-state index is 12.4. The molecule has 6 nitrogen and oxygen atoms in total. The van der Waals surface area contributed by atoms with Crippen molar-refractivity contribution in [3.05, 3.63) is 59.2 Å². The summed E-state index contributed by atoms with van der Waals surface area (Å²) < 4.78 is 0. The molecule has 0 fully saturated rings. The summed E-state index contributed by atoms with van der Waals surface area (Å²) in [7, 11) is 6.09. The van der Waals surface area contributed by atoms with E-state index in [0.717, 1.165) is 31.4 Å². The van der Waals surface area contributed by atoms with Crippen LogP contribution in [0.5, 0.6) is 0 Å². The molecule has 6 heteroatoms. The van der Waals surface area contributed by atoms with Crippen molar-refractivity contribution in [2.24, 2.45) is 0 Å². The van der Waals surface area contributed by atoms with E-state index in [0.29, 0.717) is 12.2 Å². The average molecular weight is 409 g/mol. The van der Waals surface area contributed by atoms with Crippen LogP contribution in [0, 0.1) is 0 Å². The first kappa shape index (κ1) is 21.8. The number of hydrogen-bond acceptors (Lipinski definition) is 4. The third-order valence-electron chi connectivity index (χ3n) is 5.74. The highest BCUT2D eigenvalue weighted by molar-refractivity contribution is 6.39. The molecule has 2 amide bonds. The summed E-state index contributed by atoms with van der Waals surface area (Å²) in [4.78, 5) is 29.0. The fourth-order valence-corrected chi connectivity index (χ4v) is 3.89. The predicted octanol–water partition coefficient (Wildman–Crippen LogP) is 2.99. The first-order chi connectivity index (χ1) is 14.4. The number of aryl methyl sites for hydroxylation is 2. The SMILES string of the molecule is CCc1ccc(NC(=O)C(=O)NC[C@@H](c2ccc3c(c2)CCCN3C)N(C)C)cc1. The highest BCUT2D eigenvalue weighted by Crippen LogP contribution is 2.29. The van der Waals surface area contributed by atoms with E-state index in [-0.39, 0.29) is 6.04 Å². The fraction of sp³-hybridized carbons (Fsp3) is 0.417. The summed E-state index contributed by atoms with van der Waals surface area (Å²) >= 11 is 0. The lowest BCUT2D eigenvalue weighted by Crippen LogP contribution is -2.40. The second-order valence-electron chi connectivity index (χ2n) is 8.11. The number of fused-ring (bicyclic) bond motifs is 1. The number of hydrogen-bond donors (Lipinski definition) is 2. The Morgan fingerprint density at radius 3 is 2.50 bits per heavy atom. The number of amides is 2. The van der Waals surface area contributed by atoms with Gasteiger partial charge in [0.05, 0.1) is 6.04 Å². The van der Waals surface area contributed by atoms with Gasteiger partial charge < -0.3 is 20.4 Å². The molecule has 0 spiro atoms. The Kier molecular flexibility index (Phi) is 7.11. The van der Waals surface area contributed by atoms with E-state index < -0.39 is 11.8 Å². The fourth-order valence-electron chi connectivity index (χ4n) is 3.89. The molecule has 0 saturated carbocycles. The summed E-state index contributed by atoms with van der Waals surface area (Å²) in [6.07, 6.45) is 3.15. The second kappa shape index (κ2) is 9.76. The van der Waals surface area contributed by atoms with E-state index in [2.05, 4.69) is 52.6 Å². The van der Waals surface area contributed by atoms with Crippen LogP contribution in [0.15, 0.2) is 42.5 Å². The molecule has 0 aliphatic carbocycles. The highest BCUT2D eigenvalue weighted by Gasteiger charge is 2.21. The number of benzene rings is 2. The van der Waals surface area contributed by atoms with E-state index in [1.54, 1.807) is 0 Å². The molecule has 0 radical (unpaired) electrons. The first-order valence-electron chi connectivity index (χ1n) is 10.6. The van der Waals surface area contributed by atoms with Crippen LogP contribution in [0.2, 0.25) is 0 Å². The van der Waals surface area contributed by atoms with Gasteiger partial charge in [0, 0.05) is 31.5 Å². The summed E-state index contributed by atoms with van der Waals surface area (Å²) in [6.45, 7) is 3.52. The first-order valence-corrected chi connectivity index (χ1v) is 10.6. The maximum Gasteiger partial charge on any atom is 0.313 e. The van der Waals surface area contributed by atoms with Gasteiger partial charge in [-0.1, -0.05) is 31.2 Å². The van der Waals surface area contributed by atoms with Crippen molar-refractivity contribution >= 4 is 23.2 Å². The van der Waals surface area contributed by atoms with Crippen molar-refractivity contribution in [1.29, 1.82) is 0 Å². The maximum absolute atomic E-state index is 12.4. The zero-order valence-electron chi connectivity index (χ0n) is 18.4. The molecule has 0 saturated heterocycles. The van der Waals surface area contributed by atoms with Gasteiger partial charge in [-0.25, -0.2) is 0 Å². The minimum absolute atomic E-state index is 0.0110. The lowest BCUT2D eigenvalue weighted by molar-refractivity contribution is -0.136. The third-order valence-corrected chi connectivity index (χ3v) is 5.74. The molecule has 3 rings (SSSR count). The minimum Gasteiger partial charge on any atom is -0.374 e. The van der Waals surface area contributed by atoms with E-state index in [4.69, 9.17) is 0 Å². The lowest BCUT2D eigenvalue weighted by Gasteiger charge is -2.30. The number of anilines is 2. The molecule has 1 atom stereocenters. The van der Waals surface area contributed by atoms with Gasteiger partial charge in [-0.15, -0.1) is 0 Å². The zero-order chi connectivity index (χ0) is 21.7. The number of nitrogens with one attached hydrogen (secondary N) is 2. The van der Waals surface area contributed by atoms with Gasteiger partial charge >= 0.3 is 11.8 Å². The van der Waals surface area contributed by atoms with Crippen molar-refractivity contribution in [2.75, 3.05) is 44.4 Å². The summed E-state index contributed by atoms with van der Waals surface area (Å²) in [5.41, 5.74) is 5.57. The molecule has 2 N–H and O–H groups in total. The van der Waals surface area contributed by atoms with Gasteiger partial charge in [0.1, 0.15) is 0 Å². The van der Waals surface area contributed by atoms with Crippen LogP contribution in [-0.4, -0.2) is 50.9 Å². The Balaban J connectivity index is 1.62. The van der Waals surface area contributed by atoms with E-state index in [1.165, 1.54) is 16.8 Å². The number of likely N-dealkylation sites (N-methyl/N-ethyl adjacent to an activating group) is 1. The number of rotatable bonds is 6.